The van der Waals surface area contributed by atoms with E-state index in [9.17, 15) is 8.77 Å². The van der Waals surface area contributed by atoms with E-state index in [0.717, 1.165) is 16.3 Å². The molecule has 2 aromatic carbocycles. The van der Waals surface area contributed by atoms with Crippen LogP contribution < -0.4 is 4.72 Å². The number of hydrogen-bond donors (Lipinski definition) is 1. The van der Waals surface area contributed by atoms with Gasteiger partial charge in [-0.05, 0) is 44.0 Å². The van der Waals surface area contributed by atoms with Crippen molar-refractivity contribution in [2.24, 2.45) is 0 Å². The Bertz CT molecular complexity index is 820. The molecule has 138 valence electrons. The maximum atomic E-state index is 13.4. The third kappa shape index (κ3) is 3.74. The zero-order valence-corrected chi connectivity index (χ0v) is 17.2. The van der Waals surface area contributed by atoms with Gasteiger partial charge in [0.15, 0.2) is 5.28 Å². The Morgan fingerprint density at radius 1 is 0.960 bits per heavy atom. The van der Waals surface area contributed by atoms with Crippen LogP contribution in [0.2, 0.25) is 0 Å². The molecule has 2 atom stereocenters. The smallest absolute Gasteiger partial charge is 0.310 e. The first-order valence-corrected chi connectivity index (χ1v) is 10.7. The number of benzene rings is 2. The normalized spacial score (nSPS) is 16.6. The van der Waals surface area contributed by atoms with E-state index in [1.54, 1.807) is 6.92 Å². The average Bonchev–Trinajstić information content (AvgIpc) is 2.59. The van der Waals surface area contributed by atoms with Crippen molar-refractivity contribution in [3.63, 3.8) is 0 Å². The molecule has 1 N–H and O–H groups in total. The second-order valence-corrected chi connectivity index (χ2v) is 11.5. The molecule has 25 heavy (non-hydrogen) atoms. The first kappa shape index (κ1) is 20.3. The first-order valence-electron chi connectivity index (χ1n) is 7.98. The van der Waals surface area contributed by atoms with Crippen molar-refractivity contribution in [3.05, 3.63) is 48.0 Å². The van der Waals surface area contributed by atoms with Crippen LogP contribution in [0.3, 0.4) is 0 Å². The Labute approximate surface area is 152 Å². The van der Waals surface area contributed by atoms with Gasteiger partial charge in [-0.2, -0.15) is 0 Å². The molecule has 5 nitrogen and oxygen atoms in total. The van der Waals surface area contributed by atoms with Crippen molar-refractivity contribution in [2.45, 2.75) is 37.7 Å². The van der Waals surface area contributed by atoms with Gasteiger partial charge in [0.1, 0.15) is 0 Å². The third-order valence-corrected chi connectivity index (χ3v) is 8.46. The second kappa shape index (κ2) is 7.29. The van der Waals surface area contributed by atoms with Gasteiger partial charge in [-0.15, -0.1) is 0 Å². The zero-order chi connectivity index (χ0) is 18.9. The molecule has 0 fully saturated rings. The standard InChI is InChI=1S/C18H26NO4PS/c1-17(2,3)25(21)19-18(4,24(20,22-5)23-6)16-13-9-11-14-10-7-8-12-15(14)16/h7-13,19H,1-6H3/t18-,25?/m1/s1. The van der Waals surface area contributed by atoms with E-state index in [2.05, 4.69) is 4.72 Å². The lowest BCUT2D eigenvalue weighted by Gasteiger charge is -2.37. The minimum atomic E-state index is -3.66. The van der Waals surface area contributed by atoms with Crippen LogP contribution in [0.4, 0.5) is 0 Å². The van der Waals surface area contributed by atoms with E-state index in [1.807, 2.05) is 63.2 Å². The highest BCUT2D eigenvalue weighted by atomic mass is 32.2. The van der Waals surface area contributed by atoms with Crippen LogP contribution in [-0.2, 0) is 29.9 Å². The summed E-state index contributed by atoms with van der Waals surface area (Å²) in [6.45, 7) is 7.27. The summed E-state index contributed by atoms with van der Waals surface area (Å²) in [7, 11) is -2.45. The van der Waals surface area contributed by atoms with Crippen LogP contribution in [0.5, 0.6) is 0 Å². The van der Waals surface area contributed by atoms with Gasteiger partial charge in [0.2, 0.25) is 0 Å². The molecule has 0 aromatic heterocycles. The van der Waals surface area contributed by atoms with Crippen molar-refractivity contribution in [1.29, 1.82) is 0 Å². The van der Waals surface area contributed by atoms with Crippen LogP contribution in [0, 0.1) is 0 Å². The minimum absolute atomic E-state index is 0.543. The summed E-state index contributed by atoms with van der Waals surface area (Å²) in [5, 5.41) is 0.615. The molecule has 0 heterocycles. The molecule has 2 rings (SSSR count). The zero-order valence-electron chi connectivity index (χ0n) is 15.5. The largest absolute Gasteiger partial charge is 0.355 e. The molecule has 0 saturated carbocycles. The summed E-state index contributed by atoms with van der Waals surface area (Å²) in [6.07, 6.45) is 0. The third-order valence-electron chi connectivity index (χ3n) is 4.19. The molecule has 2 aromatic rings. The Morgan fingerprint density at radius 2 is 1.52 bits per heavy atom. The molecule has 0 bridgehead atoms. The fourth-order valence-electron chi connectivity index (χ4n) is 2.68. The van der Waals surface area contributed by atoms with Crippen LogP contribution >= 0.6 is 7.60 Å². The van der Waals surface area contributed by atoms with Crippen LogP contribution in [-0.4, -0.2) is 23.2 Å². The molecule has 0 aliphatic heterocycles. The van der Waals surface area contributed by atoms with Crippen molar-refractivity contribution >= 4 is 29.4 Å². The van der Waals surface area contributed by atoms with Crippen molar-refractivity contribution in [2.75, 3.05) is 14.2 Å². The predicted octanol–water partition coefficient (Wildman–Crippen LogP) is 4.55. The number of rotatable bonds is 6. The molecule has 0 saturated heterocycles. The quantitative estimate of drug-likeness (QED) is 0.743. The van der Waals surface area contributed by atoms with Crippen LogP contribution in [0.25, 0.3) is 10.8 Å². The molecular formula is C18H26NO4PS. The van der Waals surface area contributed by atoms with E-state index < -0.39 is 28.6 Å². The monoisotopic (exact) mass is 383 g/mol. The van der Waals surface area contributed by atoms with E-state index in [-0.39, 0.29) is 0 Å². The lowest BCUT2D eigenvalue weighted by molar-refractivity contribution is 0.244. The van der Waals surface area contributed by atoms with E-state index >= 15 is 0 Å². The van der Waals surface area contributed by atoms with Gasteiger partial charge in [0, 0.05) is 14.2 Å². The average molecular weight is 383 g/mol. The van der Waals surface area contributed by atoms with E-state index in [1.165, 1.54) is 14.2 Å². The number of fused-ring (bicyclic) bond motifs is 1. The fourth-order valence-corrected chi connectivity index (χ4v) is 5.52. The van der Waals surface area contributed by atoms with Gasteiger partial charge >= 0.3 is 7.60 Å². The maximum Gasteiger partial charge on any atom is 0.355 e. The molecule has 7 heteroatoms. The highest BCUT2D eigenvalue weighted by molar-refractivity contribution is 7.84. The molecular weight excluding hydrogens is 357 g/mol. The van der Waals surface area contributed by atoms with Crippen molar-refractivity contribution in [3.8, 4) is 0 Å². The predicted molar refractivity (Wildman–Crippen MR) is 104 cm³/mol. The molecule has 1 unspecified atom stereocenters. The summed E-state index contributed by atoms with van der Waals surface area (Å²) < 4.78 is 39.4. The van der Waals surface area contributed by atoms with Crippen molar-refractivity contribution in [1.82, 2.24) is 4.72 Å². The molecule has 0 radical (unpaired) electrons. The first-order chi connectivity index (χ1) is 11.6. The van der Waals surface area contributed by atoms with Gasteiger partial charge in [0.05, 0.1) is 15.7 Å². The topological polar surface area (TPSA) is 64.6 Å². The lowest BCUT2D eigenvalue weighted by atomic mass is 10.00. The van der Waals surface area contributed by atoms with Gasteiger partial charge in [-0.3, -0.25) is 4.57 Å². The summed E-state index contributed by atoms with van der Waals surface area (Å²) >= 11 is 0. The number of hydrogen-bond acceptors (Lipinski definition) is 4. The number of nitrogens with one attached hydrogen (secondary N) is 1. The Hall–Kier alpha value is -1.04. The maximum absolute atomic E-state index is 13.4. The van der Waals surface area contributed by atoms with Gasteiger partial charge in [-0.25, -0.2) is 8.93 Å². The summed E-state index contributed by atoms with van der Waals surface area (Å²) in [5.74, 6) is 0. The fraction of sp³-hybridized carbons (Fsp3) is 0.444. The molecule has 0 amide bonds. The highest BCUT2D eigenvalue weighted by Gasteiger charge is 2.50. The second-order valence-electron chi connectivity index (χ2n) is 6.94. The van der Waals surface area contributed by atoms with Crippen LogP contribution in [0.15, 0.2) is 42.5 Å². The van der Waals surface area contributed by atoms with E-state index in [0.29, 0.717) is 0 Å². The van der Waals surface area contributed by atoms with E-state index in [4.69, 9.17) is 9.05 Å². The summed E-state index contributed by atoms with van der Waals surface area (Å²) in [6, 6.07) is 13.5. The molecule has 0 spiro atoms. The lowest BCUT2D eigenvalue weighted by Crippen LogP contribution is -2.46. The Balaban J connectivity index is 2.75. The summed E-state index contributed by atoms with van der Waals surface area (Å²) in [5.41, 5.74) is 0.718. The highest BCUT2D eigenvalue weighted by Crippen LogP contribution is 2.63. The van der Waals surface area contributed by atoms with Gasteiger partial charge in [-0.1, -0.05) is 42.5 Å². The Kier molecular flexibility index (Phi) is 5.92. The SMILES string of the molecule is COP(=O)(OC)[C@@](C)(NS(=O)C(C)(C)C)c1cccc2ccccc12. The van der Waals surface area contributed by atoms with Gasteiger partial charge < -0.3 is 9.05 Å². The molecule has 0 aliphatic rings. The minimum Gasteiger partial charge on any atom is -0.310 e. The Morgan fingerprint density at radius 3 is 2.08 bits per heavy atom. The van der Waals surface area contributed by atoms with Crippen LogP contribution in [0.1, 0.15) is 33.3 Å². The van der Waals surface area contributed by atoms with Gasteiger partial charge in [0.25, 0.3) is 0 Å². The molecule has 0 aliphatic carbocycles. The van der Waals surface area contributed by atoms with Crippen molar-refractivity contribution < 1.29 is 17.8 Å². The summed E-state index contributed by atoms with van der Waals surface area (Å²) in [4.78, 5) is 0.